The third-order valence-corrected chi connectivity index (χ3v) is 3.49. The van der Waals surface area contributed by atoms with Crippen molar-refractivity contribution in [3.63, 3.8) is 0 Å². The fourth-order valence-corrected chi connectivity index (χ4v) is 2.35. The molecule has 1 aliphatic heterocycles. The van der Waals surface area contributed by atoms with Gasteiger partial charge in [-0.05, 0) is 43.0 Å². The molecule has 0 fully saturated rings. The number of hydrogen-bond acceptors (Lipinski definition) is 2. The smallest absolute Gasteiger partial charge is 0.225 e. The second-order valence-corrected chi connectivity index (χ2v) is 4.57. The van der Waals surface area contributed by atoms with Crippen LogP contribution in [0.15, 0.2) is 12.1 Å². The van der Waals surface area contributed by atoms with Gasteiger partial charge in [-0.2, -0.15) is 0 Å². The van der Waals surface area contributed by atoms with E-state index >= 15 is 0 Å². The van der Waals surface area contributed by atoms with Gasteiger partial charge in [0, 0.05) is 17.1 Å². The standard InChI is InChI=1S/C12H15ClN2O/c1-7-10(13)3-2-9-8(4-5-14)6-11(16)15-12(7)9/h2-3,8H,4-6,14H2,1H3,(H,15,16). The van der Waals surface area contributed by atoms with Crippen molar-refractivity contribution >= 4 is 23.2 Å². The molecule has 1 aliphatic rings. The average Bonchev–Trinajstić information content (AvgIpc) is 2.24. The molecule has 0 bridgehead atoms. The van der Waals surface area contributed by atoms with E-state index in [0.717, 1.165) is 23.2 Å². The summed E-state index contributed by atoms with van der Waals surface area (Å²) < 4.78 is 0. The minimum Gasteiger partial charge on any atom is -0.330 e. The zero-order chi connectivity index (χ0) is 11.7. The van der Waals surface area contributed by atoms with E-state index in [1.807, 2.05) is 19.1 Å². The van der Waals surface area contributed by atoms with Gasteiger partial charge in [0.2, 0.25) is 5.91 Å². The Labute approximate surface area is 100.0 Å². The predicted molar refractivity (Wildman–Crippen MR) is 65.8 cm³/mol. The fraction of sp³-hybridized carbons (Fsp3) is 0.417. The van der Waals surface area contributed by atoms with E-state index < -0.39 is 0 Å². The lowest BCUT2D eigenvalue weighted by atomic mass is 9.86. The molecular formula is C12H15ClN2O. The summed E-state index contributed by atoms with van der Waals surface area (Å²) in [7, 11) is 0. The first-order valence-electron chi connectivity index (χ1n) is 5.42. The molecule has 1 unspecified atom stereocenters. The first kappa shape index (κ1) is 11.4. The summed E-state index contributed by atoms with van der Waals surface area (Å²) >= 11 is 6.04. The van der Waals surface area contributed by atoms with Gasteiger partial charge >= 0.3 is 0 Å². The van der Waals surface area contributed by atoms with Gasteiger partial charge in [-0.3, -0.25) is 4.79 Å². The molecule has 1 atom stereocenters. The van der Waals surface area contributed by atoms with Crippen LogP contribution in [0.3, 0.4) is 0 Å². The van der Waals surface area contributed by atoms with Crippen molar-refractivity contribution in [2.24, 2.45) is 5.73 Å². The first-order chi connectivity index (χ1) is 7.63. The molecule has 4 heteroatoms. The Morgan fingerprint density at radius 2 is 2.31 bits per heavy atom. The number of benzene rings is 1. The highest BCUT2D eigenvalue weighted by molar-refractivity contribution is 6.31. The van der Waals surface area contributed by atoms with Crippen LogP contribution in [0.2, 0.25) is 5.02 Å². The second-order valence-electron chi connectivity index (χ2n) is 4.16. The minimum absolute atomic E-state index is 0.0521. The van der Waals surface area contributed by atoms with E-state index in [0.29, 0.717) is 18.0 Å². The van der Waals surface area contributed by atoms with Gasteiger partial charge in [0.1, 0.15) is 0 Å². The normalized spacial score (nSPS) is 19.2. The van der Waals surface area contributed by atoms with Crippen molar-refractivity contribution in [2.75, 3.05) is 11.9 Å². The Balaban J connectivity index is 2.47. The number of halogens is 1. The molecule has 0 aliphatic carbocycles. The molecule has 0 aromatic heterocycles. The molecule has 1 aromatic carbocycles. The van der Waals surface area contributed by atoms with Crippen molar-refractivity contribution in [2.45, 2.75) is 25.7 Å². The number of hydrogen-bond donors (Lipinski definition) is 2. The van der Waals surface area contributed by atoms with Crippen LogP contribution in [0.5, 0.6) is 0 Å². The third-order valence-electron chi connectivity index (χ3n) is 3.08. The summed E-state index contributed by atoms with van der Waals surface area (Å²) in [4.78, 5) is 11.6. The van der Waals surface area contributed by atoms with Crippen LogP contribution < -0.4 is 11.1 Å². The monoisotopic (exact) mass is 238 g/mol. The predicted octanol–water partition coefficient (Wildman–Crippen LogP) is 2.42. The van der Waals surface area contributed by atoms with E-state index in [9.17, 15) is 4.79 Å². The number of nitrogens with two attached hydrogens (primary N) is 1. The van der Waals surface area contributed by atoms with Crippen LogP contribution in [0.4, 0.5) is 5.69 Å². The van der Waals surface area contributed by atoms with Gasteiger partial charge in [-0.1, -0.05) is 17.7 Å². The highest BCUT2D eigenvalue weighted by atomic mass is 35.5. The van der Waals surface area contributed by atoms with Gasteiger partial charge in [0.05, 0.1) is 0 Å². The largest absolute Gasteiger partial charge is 0.330 e. The maximum Gasteiger partial charge on any atom is 0.225 e. The molecule has 1 aromatic rings. The van der Waals surface area contributed by atoms with Crippen LogP contribution in [0.25, 0.3) is 0 Å². The van der Waals surface area contributed by atoms with E-state index in [1.165, 1.54) is 0 Å². The average molecular weight is 239 g/mol. The van der Waals surface area contributed by atoms with Gasteiger partial charge in [-0.15, -0.1) is 0 Å². The Hall–Kier alpha value is -1.06. The molecule has 0 spiro atoms. The quantitative estimate of drug-likeness (QED) is 0.832. The molecule has 0 saturated heterocycles. The highest BCUT2D eigenvalue weighted by Gasteiger charge is 2.26. The van der Waals surface area contributed by atoms with Crippen molar-refractivity contribution in [1.82, 2.24) is 0 Å². The maximum atomic E-state index is 11.6. The topological polar surface area (TPSA) is 55.1 Å². The van der Waals surface area contributed by atoms with Crippen molar-refractivity contribution in [1.29, 1.82) is 0 Å². The summed E-state index contributed by atoms with van der Waals surface area (Å²) in [5.74, 6) is 0.279. The number of nitrogens with one attached hydrogen (secondary N) is 1. The molecule has 3 N–H and O–H groups in total. The van der Waals surface area contributed by atoms with Crippen molar-refractivity contribution < 1.29 is 4.79 Å². The van der Waals surface area contributed by atoms with E-state index in [4.69, 9.17) is 17.3 Å². The Kier molecular flexibility index (Phi) is 3.17. The molecule has 2 rings (SSSR count). The zero-order valence-corrected chi connectivity index (χ0v) is 9.97. The van der Waals surface area contributed by atoms with Crippen LogP contribution in [0, 0.1) is 6.92 Å². The Morgan fingerprint density at radius 3 is 3.00 bits per heavy atom. The minimum atomic E-state index is 0.0521. The highest BCUT2D eigenvalue weighted by Crippen LogP contribution is 2.38. The lowest BCUT2D eigenvalue weighted by Gasteiger charge is -2.27. The number of fused-ring (bicyclic) bond motifs is 1. The lowest BCUT2D eigenvalue weighted by molar-refractivity contribution is -0.116. The van der Waals surface area contributed by atoms with Crippen molar-refractivity contribution in [3.05, 3.63) is 28.3 Å². The van der Waals surface area contributed by atoms with Crippen molar-refractivity contribution in [3.8, 4) is 0 Å². The van der Waals surface area contributed by atoms with Gasteiger partial charge in [-0.25, -0.2) is 0 Å². The molecule has 1 heterocycles. The van der Waals surface area contributed by atoms with E-state index in [1.54, 1.807) is 0 Å². The summed E-state index contributed by atoms with van der Waals surface area (Å²) in [6.07, 6.45) is 1.35. The summed E-state index contributed by atoms with van der Waals surface area (Å²) in [5, 5.41) is 3.58. The van der Waals surface area contributed by atoms with Crippen LogP contribution in [-0.2, 0) is 4.79 Å². The molecule has 0 radical (unpaired) electrons. The van der Waals surface area contributed by atoms with Gasteiger partial charge in [0.25, 0.3) is 0 Å². The van der Waals surface area contributed by atoms with E-state index in [-0.39, 0.29) is 11.8 Å². The number of rotatable bonds is 2. The SMILES string of the molecule is Cc1c(Cl)ccc2c1NC(=O)CC2CCN. The zero-order valence-electron chi connectivity index (χ0n) is 9.22. The summed E-state index contributed by atoms with van der Waals surface area (Å²) in [6, 6.07) is 3.88. The molecule has 1 amide bonds. The van der Waals surface area contributed by atoms with Crippen LogP contribution in [0.1, 0.15) is 29.9 Å². The number of carbonyl (C=O) groups is 1. The first-order valence-corrected chi connectivity index (χ1v) is 5.80. The lowest BCUT2D eigenvalue weighted by Crippen LogP contribution is -2.25. The van der Waals surface area contributed by atoms with Gasteiger partial charge < -0.3 is 11.1 Å². The Bertz CT molecular complexity index is 431. The molecule has 0 saturated carbocycles. The third kappa shape index (κ3) is 1.93. The fourth-order valence-electron chi connectivity index (χ4n) is 2.20. The number of carbonyl (C=O) groups excluding carboxylic acids is 1. The number of amides is 1. The molecule has 86 valence electrons. The molecule has 16 heavy (non-hydrogen) atoms. The van der Waals surface area contributed by atoms with Crippen LogP contribution >= 0.6 is 11.6 Å². The van der Waals surface area contributed by atoms with Gasteiger partial charge in [0.15, 0.2) is 0 Å². The molecule has 3 nitrogen and oxygen atoms in total. The second kappa shape index (κ2) is 4.44. The van der Waals surface area contributed by atoms with Crippen LogP contribution in [-0.4, -0.2) is 12.5 Å². The van der Waals surface area contributed by atoms with E-state index in [2.05, 4.69) is 5.32 Å². The maximum absolute atomic E-state index is 11.6. The number of anilines is 1. The summed E-state index contributed by atoms with van der Waals surface area (Å²) in [5.41, 5.74) is 8.55. The summed E-state index contributed by atoms with van der Waals surface area (Å²) in [6.45, 7) is 2.52. The molecular weight excluding hydrogens is 224 g/mol. The Morgan fingerprint density at radius 1 is 1.56 bits per heavy atom.